The molecule has 3 nitrogen and oxygen atoms in total. The zero-order valence-electron chi connectivity index (χ0n) is 12.4. The van der Waals surface area contributed by atoms with Crippen molar-refractivity contribution in [1.29, 1.82) is 0 Å². The number of methoxy groups -OCH3 is 1. The van der Waals surface area contributed by atoms with Crippen LogP contribution in [0.3, 0.4) is 0 Å². The summed E-state index contributed by atoms with van der Waals surface area (Å²) in [5.41, 5.74) is 2.36. The monoisotopic (exact) mass is 294 g/mol. The van der Waals surface area contributed by atoms with Crippen molar-refractivity contribution in [3.05, 3.63) is 35.0 Å². The first-order valence-corrected chi connectivity index (χ1v) is 7.36. The summed E-state index contributed by atoms with van der Waals surface area (Å²) in [6.45, 7) is 6.96. The van der Waals surface area contributed by atoms with Gasteiger partial charge in [-0.05, 0) is 17.9 Å². The maximum absolute atomic E-state index is 6.40. The van der Waals surface area contributed by atoms with E-state index in [4.69, 9.17) is 16.3 Å². The van der Waals surface area contributed by atoms with Gasteiger partial charge in [0.25, 0.3) is 0 Å². The van der Waals surface area contributed by atoms with Crippen LogP contribution in [0.15, 0.2) is 24.3 Å². The normalized spacial score (nSPS) is 12.2. The Morgan fingerprint density at radius 3 is 2.75 bits per heavy atom. The van der Waals surface area contributed by atoms with E-state index in [1.165, 1.54) is 0 Å². The highest BCUT2D eigenvalue weighted by molar-refractivity contribution is 6.36. The average Bonchev–Trinajstić information content (AvgIpc) is 2.74. The molecule has 0 bridgehead atoms. The Morgan fingerprint density at radius 2 is 2.05 bits per heavy atom. The fourth-order valence-electron chi connectivity index (χ4n) is 2.28. The second-order valence-electron chi connectivity index (χ2n) is 5.97. The molecule has 0 aliphatic heterocycles. The number of benzene rings is 1. The lowest BCUT2D eigenvalue weighted by Crippen LogP contribution is -2.30. The Hall–Kier alpha value is -1.03. The molecule has 0 aliphatic carbocycles. The molecule has 0 atom stereocenters. The Kier molecular flexibility index (Phi) is 5.08. The molecule has 0 saturated carbocycles. The molecule has 0 saturated heterocycles. The van der Waals surface area contributed by atoms with Crippen LogP contribution in [0.4, 0.5) is 0 Å². The average molecular weight is 295 g/mol. The summed E-state index contributed by atoms with van der Waals surface area (Å²) in [7, 11) is 1.74. The molecule has 20 heavy (non-hydrogen) atoms. The van der Waals surface area contributed by atoms with E-state index in [2.05, 4.69) is 24.1 Å². The van der Waals surface area contributed by atoms with Gasteiger partial charge in [-0.2, -0.15) is 0 Å². The third-order valence-corrected chi connectivity index (χ3v) is 4.03. The number of aromatic nitrogens is 1. The zero-order chi connectivity index (χ0) is 14.6. The van der Waals surface area contributed by atoms with Gasteiger partial charge in [0.2, 0.25) is 0 Å². The quantitative estimate of drug-likeness (QED) is 0.810. The van der Waals surface area contributed by atoms with Crippen molar-refractivity contribution in [3.8, 4) is 0 Å². The minimum Gasteiger partial charge on any atom is -0.385 e. The summed E-state index contributed by atoms with van der Waals surface area (Å²) >= 11 is 6.40. The largest absolute Gasteiger partial charge is 0.385 e. The van der Waals surface area contributed by atoms with Crippen LogP contribution < -0.4 is 5.32 Å². The molecule has 0 spiro atoms. The summed E-state index contributed by atoms with van der Waals surface area (Å²) in [6.07, 6.45) is 1.04. The van der Waals surface area contributed by atoms with Gasteiger partial charge in [0.15, 0.2) is 0 Å². The molecular weight excluding hydrogens is 272 g/mol. The van der Waals surface area contributed by atoms with Gasteiger partial charge in [-0.1, -0.05) is 43.6 Å². The van der Waals surface area contributed by atoms with Gasteiger partial charge in [-0.15, -0.1) is 0 Å². The van der Waals surface area contributed by atoms with E-state index in [1.54, 1.807) is 7.11 Å². The molecule has 1 heterocycles. The Bertz CT molecular complexity index is 563. The molecule has 0 amide bonds. The topological polar surface area (TPSA) is 37.0 Å². The number of aromatic amines is 1. The van der Waals surface area contributed by atoms with Crippen LogP contribution in [0.1, 0.15) is 26.0 Å². The van der Waals surface area contributed by atoms with Crippen LogP contribution in [0.2, 0.25) is 5.02 Å². The molecule has 1 aromatic carbocycles. The highest BCUT2D eigenvalue weighted by atomic mass is 35.5. The SMILES string of the molecule is COCCC(C)(C)CNCc1[nH]c2ccccc2c1Cl. The summed E-state index contributed by atoms with van der Waals surface area (Å²) in [5, 5.41) is 5.39. The third kappa shape index (κ3) is 3.75. The van der Waals surface area contributed by atoms with Crippen LogP contribution in [0.5, 0.6) is 0 Å². The van der Waals surface area contributed by atoms with E-state index in [0.717, 1.165) is 47.7 Å². The molecule has 4 heteroatoms. The molecule has 0 radical (unpaired) electrons. The van der Waals surface area contributed by atoms with Gasteiger partial charge in [-0.3, -0.25) is 0 Å². The van der Waals surface area contributed by atoms with Crippen LogP contribution in [-0.4, -0.2) is 25.2 Å². The van der Waals surface area contributed by atoms with Crippen LogP contribution in [0, 0.1) is 5.41 Å². The van der Waals surface area contributed by atoms with E-state index in [1.807, 2.05) is 24.3 Å². The maximum Gasteiger partial charge on any atom is 0.0705 e. The van der Waals surface area contributed by atoms with E-state index < -0.39 is 0 Å². The molecular formula is C16H23ClN2O. The van der Waals surface area contributed by atoms with Crippen molar-refractivity contribution >= 4 is 22.5 Å². The zero-order valence-corrected chi connectivity index (χ0v) is 13.2. The lowest BCUT2D eigenvalue weighted by Gasteiger charge is -2.24. The van der Waals surface area contributed by atoms with Crippen LogP contribution in [0.25, 0.3) is 10.9 Å². The van der Waals surface area contributed by atoms with Gasteiger partial charge in [0.05, 0.1) is 5.02 Å². The number of rotatable bonds is 7. The van der Waals surface area contributed by atoms with Gasteiger partial charge in [-0.25, -0.2) is 0 Å². The van der Waals surface area contributed by atoms with E-state index in [-0.39, 0.29) is 5.41 Å². The summed E-state index contributed by atoms with van der Waals surface area (Å²) in [6, 6.07) is 8.11. The molecule has 2 N–H and O–H groups in total. The second-order valence-corrected chi connectivity index (χ2v) is 6.35. The van der Waals surface area contributed by atoms with Gasteiger partial charge >= 0.3 is 0 Å². The van der Waals surface area contributed by atoms with Crippen molar-refractivity contribution in [1.82, 2.24) is 10.3 Å². The lowest BCUT2D eigenvalue weighted by atomic mass is 9.90. The fourth-order valence-corrected chi connectivity index (χ4v) is 2.56. The van der Waals surface area contributed by atoms with Gasteiger partial charge in [0, 0.05) is 43.4 Å². The number of halogens is 1. The molecule has 0 unspecified atom stereocenters. The van der Waals surface area contributed by atoms with E-state index in [9.17, 15) is 0 Å². The fraction of sp³-hybridized carbons (Fsp3) is 0.500. The standard InChI is InChI=1S/C16H23ClN2O/c1-16(2,8-9-20-3)11-18-10-14-15(17)12-6-4-5-7-13(12)19-14/h4-7,18-19H,8-11H2,1-3H3. The molecule has 1 aromatic heterocycles. The maximum atomic E-state index is 6.40. The molecule has 0 fully saturated rings. The number of fused-ring (bicyclic) bond motifs is 1. The number of hydrogen-bond acceptors (Lipinski definition) is 2. The highest BCUT2D eigenvalue weighted by Gasteiger charge is 2.17. The van der Waals surface area contributed by atoms with Crippen LogP contribution >= 0.6 is 11.6 Å². The number of hydrogen-bond donors (Lipinski definition) is 2. The van der Waals surface area contributed by atoms with Crippen molar-refractivity contribution < 1.29 is 4.74 Å². The molecule has 2 aromatic rings. The summed E-state index contributed by atoms with van der Waals surface area (Å²) in [4.78, 5) is 3.37. The van der Waals surface area contributed by atoms with Crippen molar-refractivity contribution in [2.45, 2.75) is 26.8 Å². The minimum absolute atomic E-state index is 0.217. The molecule has 110 valence electrons. The van der Waals surface area contributed by atoms with Crippen molar-refractivity contribution in [2.24, 2.45) is 5.41 Å². The van der Waals surface area contributed by atoms with E-state index >= 15 is 0 Å². The predicted octanol–water partition coefficient (Wildman–Crippen LogP) is 3.97. The lowest BCUT2D eigenvalue weighted by molar-refractivity contribution is 0.150. The summed E-state index contributed by atoms with van der Waals surface area (Å²) < 4.78 is 5.15. The minimum atomic E-state index is 0.217. The van der Waals surface area contributed by atoms with Crippen molar-refractivity contribution in [2.75, 3.05) is 20.3 Å². The Balaban J connectivity index is 1.94. The second kappa shape index (κ2) is 6.61. The Morgan fingerprint density at radius 1 is 1.30 bits per heavy atom. The van der Waals surface area contributed by atoms with Crippen molar-refractivity contribution in [3.63, 3.8) is 0 Å². The summed E-state index contributed by atoms with van der Waals surface area (Å²) in [5.74, 6) is 0. The Labute approximate surface area is 125 Å². The van der Waals surface area contributed by atoms with E-state index in [0.29, 0.717) is 0 Å². The van der Waals surface area contributed by atoms with Crippen LogP contribution in [-0.2, 0) is 11.3 Å². The number of ether oxygens (including phenoxy) is 1. The third-order valence-electron chi connectivity index (χ3n) is 3.60. The first kappa shape index (κ1) is 15.4. The number of nitrogens with one attached hydrogen (secondary N) is 2. The number of H-pyrrole nitrogens is 1. The molecule has 2 rings (SSSR count). The van der Waals surface area contributed by atoms with Gasteiger partial charge < -0.3 is 15.0 Å². The molecule has 0 aliphatic rings. The smallest absolute Gasteiger partial charge is 0.0705 e. The highest BCUT2D eigenvalue weighted by Crippen LogP contribution is 2.27. The predicted molar refractivity (Wildman–Crippen MR) is 85.3 cm³/mol. The number of para-hydroxylation sites is 1. The van der Waals surface area contributed by atoms with Gasteiger partial charge in [0.1, 0.15) is 0 Å². The first-order valence-electron chi connectivity index (χ1n) is 6.98. The first-order chi connectivity index (χ1) is 9.53.